The smallest absolute Gasteiger partial charge is 0.459 e. The number of rotatable bonds is 5. The van der Waals surface area contributed by atoms with E-state index in [1.807, 2.05) is 35.2 Å². The Hall–Kier alpha value is -2.17. The molecule has 0 spiro atoms. The van der Waals surface area contributed by atoms with E-state index < -0.39 is 12.4 Å². The molecule has 3 rings (SSSR count). The first kappa shape index (κ1) is 24.9. The number of halogens is 3. The van der Waals surface area contributed by atoms with Gasteiger partial charge in [0, 0.05) is 0 Å². The van der Waals surface area contributed by atoms with E-state index >= 15 is 0 Å². The zero-order valence-electron chi connectivity index (χ0n) is 15.1. The summed E-state index contributed by atoms with van der Waals surface area (Å²) >= 11 is 0. The SMILES string of the molecule is C.O=C(OCc1ccccc1)C1NC(=O)[C@@H]1C[C@H]1CCCNC1.OOC(F)(F)F. The Morgan fingerprint density at radius 3 is 2.41 bits per heavy atom. The Bertz CT molecular complexity index is 636. The summed E-state index contributed by atoms with van der Waals surface area (Å²) in [7, 11) is 0. The molecule has 164 valence electrons. The molecule has 0 aliphatic carbocycles. The van der Waals surface area contributed by atoms with Crippen LogP contribution in [0.4, 0.5) is 13.2 Å². The Morgan fingerprint density at radius 1 is 1.24 bits per heavy atom. The van der Waals surface area contributed by atoms with Crippen LogP contribution in [0.15, 0.2) is 30.3 Å². The lowest BCUT2D eigenvalue weighted by atomic mass is 9.80. The van der Waals surface area contributed by atoms with Crippen LogP contribution in [0.5, 0.6) is 0 Å². The van der Waals surface area contributed by atoms with Crippen molar-refractivity contribution in [3.8, 4) is 0 Å². The first-order chi connectivity index (χ1) is 13.3. The number of esters is 1. The Balaban J connectivity index is 0.000000529. The molecule has 10 heteroatoms. The van der Waals surface area contributed by atoms with Crippen molar-refractivity contribution in [2.75, 3.05) is 13.1 Å². The fraction of sp³-hybridized carbons (Fsp3) is 0.579. The second-order valence-corrected chi connectivity index (χ2v) is 6.67. The molecular formula is C19H27F3N2O5. The molecule has 1 amide bonds. The molecule has 2 fully saturated rings. The highest BCUT2D eigenvalue weighted by Gasteiger charge is 2.45. The number of ether oxygens (including phenoxy) is 1. The van der Waals surface area contributed by atoms with Crippen molar-refractivity contribution >= 4 is 11.9 Å². The van der Waals surface area contributed by atoms with Crippen LogP contribution < -0.4 is 10.6 Å². The summed E-state index contributed by atoms with van der Waals surface area (Å²) in [5, 5.41) is 12.8. The molecular weight excluding hydrogens is 393 g/mol. The summed E-state index contributed by atoms with van der Waals surface area (Å²) in [6, 6.07) is 9.10. The van der Waals surface area contributed by atoms with Gasteiger partial charge in [-0.2, -0.15) is 0 Å². The lowest BCUT2D eigenvalue weighted by Crippen LogP contribution is -2.63. The highest BCUT2D eigenvalue weighted by molar-refractivity contribution is 5.97. The fourth-order valence-electron chi connectivity index (χ4n) is 3.19. The van der Waals surface area contributed by atoms with E-state index in [1.165, 1.54) is 0 Å². The van der Waals surface area contributed by atoms with Gasteiger partial charge in [-0.1, -0.05) is 37.8 Å². The Kier molecular flexibility index (Phi) is 10.1. The maximum atomic E-state index is 12.1. The molecule has 2 aliphatic rings. The van der Waals surface area contributed by atoms with E-state index in [2.05, 4.69) is 10.6 Å². The number of hydrogen-bond acceptors (Lipinski definition) is 6. The zero-order chi connectivity index (χ0) is 20.6. The van der Waals surface area contributed by atoms with Crippen LogP contribution in [0.2, 0.25) is 0 Å². The van der Waals surface area contributed by atoms with E-state index in [0.717, 1.165) is 37.9 Å². The van der Waals surface area contributed by atoms with Gasteiger partial charge in [-0.15, -0.1) is 18.1 Å². The Labute approximate surface area is 167 Å². The number of nitrogens with one attached hydrogen (secondary N) is 2. The summed E-state index contributed by atoms with van der Waals surface area (Å²) in [5.41, 5.74) is 0.953. The standard InChI is InChI=1S/C17H22N2O3.CHF3O2.CH4/c20-16-14(9-13-7-4-8-18-10-13)15(19-16)17(21)22-11-12-5-2-1-3-6-12;2-1(3,4)6-5;/h1-3,5-6,13-15,18H,4,7-11H2,(H,19,20);5H;1H4/t13-,14-,15?;;/m1../s1. The van der Waals surface area contributed by atoms with Gasteiger partial charge in [-0.25, -0.2) is 10.1 Å². The lowest BCUT2D eigenvalue weighted by Gasteiger charge is -2.37. The predicted molar refractivity (Wildman–Crippen MR) is 98.4 cm³/mol. The molecule has 2 heterocycles. The number of carbonyl (C=O) groups is 2. The predicted octanol–water partition coefficient (Wildman–Crippen LogP) is 2.87. The monoisotopic (exact) mass is 420 g/mol. The van der Waals surface area contributed by atoms with Gasteiger partial charge in [-0.3, -0.25) is 4.79 Å². The second-order valence-electron chi connectivity index (χ2n) is 6.67. The van der Waals surface area contributed by atoms with Gasteiger partial charge in [-0.05, 0) is 43.8 Å². The quantitative estimate of drug-likeness (QED) is 0.293. The first-order valence-corrected chi connectivity index (χ1v) is 8.91. The van der Waals surface area contributed by atoms with Gasteiger partial charge in [0.05, 0.1) is 5.92 Å². The molecule has 3 atom stereocenters. The number of amides is 1. The van der Waals surface area contributed by atoms with Crippen molar-refractivity contribution in [3.05, 3.63) is 35.9 Å². The van der Waals surface area contributed by atoms with Crippen LogP contribution in [0.25, 0.3) is 0 Å². The van der Waals surface area contributed by atoms with E-state index in [0.29, 0.717) is 5.92 Å². The van der Waals surface area contributed by atoms with Crippen LogP contribution >= 0.6 is 0 Å². The van der Waals surface area contributed by atoms with Gasteiger partial charge in [0.1, 0.15) is 12.6 Å². The molecule has 1 unspecified atom stereocenters. The van der Waals surface area contributed by atoms with Crippen molar-refractivity contribution in [3.63, 3.8) is 0 Å². The second kappa shape index (κ2) is 11.7. The molecule has 1 aromatic carbocycles. The van der Waals surface area contributed by atoms with Gasteiger partial charge in [0.2, 0.25) is 5.91 Å². The summed E-state index contributed by atoms with van der Waals surface area (Å²) in [6.07, 6.45) is -1.87. The molecule has 1 aromatic rings. The van der Waals surface area contributed by atoms with Crippen molar-refractivity contribution < 1.29 is 37.6 Å². The van der Waals surface area contributed by atoms with E-state index in [1.54, 1.807) is 0 Å². The zero-order valence-corrected chi connectivity index (χ0v) is 15.1. The number of carbonyl (C=O) groups excluding carboxylic acids is 2. The molecule has 0 aromatic heterocycles. The maximum Gasteiger partial charge on any atom is 0.549 e. The normalized spacial score (nSPS) is 23.4. The fourth-order valence-corrected chi connectivity index (χ4v) is 3.19. The minimum absolute atomic E-state index is 0. The molecule has 0 bridgehead atoms. The first-order valence-electron chi connectivity index (χ1n) is 8.91. The number of piperidine rings is 1. The molecule has 29 heavy (non-hydrogen) atoms. The minimum Gasteiger partial charge on any atom is -0.459 e. The number of β-lactam (4-membered cyclic amide) rings is 1. The highest BCUT2D eigenvalue weighted by Crippen LogP contribution is 2.27. The lowest BCUT2D eigenvalue weighted by molar-refractivity contribution is -0.464. The molecule has 7 nitrogen and oxygen atoms in total. The van der Waals surface area contributed by atoms with Gasteiger partial charge >= 0.3 is 12.3 Å². The van der Waals surface area contributed by atoms with Crippen LogP contribution in [0.3, 0.4) is 0 Å². The molecule has 2 aliphatic heterocycles. The van der Waals surface area contributed by atoms with Crippen molar-refractivity contribution in [1.82, 2.24) is 10.6 Å². The van der Waals surface area contributed by atoms with Gasteiger partial charge in [0.25, 0.3) is 0 Å². The average Bonchev–Trinajstić information content (AvgIpc) is 2.70. The van der Waals surface area contributed by atoms with Crippen LogP contribution in [-0.4, -0.2) is 42.6 Å². The molecule has 0 saturated carbocycles. The number of hydrogen-bond donors (Lipinski definition) is 3. The van der Waals surface area contributed by atoms with Crippen LogP contribution in [0.1, 0.15) is 32.3 Å². The summed E-state index contributed by atoms with van der Waals surface area (Å²) in [6.45, 7) is 2.25. The maximum absolute atomic E-state index is 12.1. The summed E-state index contributed by atoms with van der Waals surface area (Å²) in [5.74, 6) is -0.0909. The van der Waals surface area contributed by atoms with Crippen molar-refractivity contribution in [2.24, 2.45) is 11.8 Å². The van der Waals surface area contributed by atoms with Crippen molar-refractivity contribution in [2.45, 2.75) is 45.7 Å². The van der Waals surface area contributed by atoms with Crippen molar-refractivity contribution in [1.29, 1.82) is 0 Å². The summed E-state index contributed by atoms with van der Waals surface area (Å²) < 4.78 is 36.3. The summed E-state index contributed by atoms with van der Waals surface area (Å²) in [4.78, 5) is 25.8. The third-order valence-corrected chi connectivity index (χ3v) is 4.60. The third kappa shape index (κ3) is 8.38. The highest BCUT2D eigenvalue weighted by atomic mass is 19.4. The third-order valence-electron chi connectivity index (χ3n) is 4.60. The van der Waals surface area contributed by atoms with E-state index in [4.69, 9.17) is 9.99 Å². The molecule has 2 saturated heterocycles. The van der Waals surface area contributed by atoms with E-state index in [-0.39, 0.29) is 31.8 Å². The Morgan fingerprint density at radius 2 is 1.90 bits per heavy atom. The number of benzene rings is 1. The number of alkyl halides is 3. The van der Waals surface area contributed by atoms with Crippen LogP contribution in [-0.2, 0) is 25.8 Å². The van der Waals surface area contributed by atoms with Gasteiger partial charge < -0.3 is 15.4 Å². The van der Waals surface area contributed by atoms with Crippen LogP contribution in [0, 0.1) is 11.8 Å². The van der Waals surface area contributed by atoms with E-state index in [9.17, 15) is 22.8 Å². The molecule has 3 N–H and O–H groups in total. The topological polar surface area (TPSA) is 96.9 Å². The largest absolute Gasteiger partial charge is 0.549 e. The average molecular weight is 420 g/mol. The van der Waals surface area contributed by atoms with Gasteiger partial charge in [0.15, 0.2) is 0 Å². The minimum atomic E-state index is -4.90. The molecule has 0 radical (unpaired) electrons.